The number of nitrogens with zero attached hydrogens (tertiary/aromatic N) is 3. The quantitative estimate of drug-likeness (QED) is 0.580. The Kier molecular flexibility index (Phi) is 6.07. The molecule has 158 valence electrons. The van der Waals surface area contributed by atoms with Crippen molar-refractivity contribution in [3.05, 3.63) is 46.2 Å². The SMILES string of the molecule is COCCNC(=O)c1sc2ncccc2c1C1CN(C(=O)c2cn[nH]c2C)CCO1. The Morgan fingerprint density at radius 2 is 2.33 bits per heavy atom. The van der Waals surface area contributed by atoms with Gasteiger partial charge in [0.2, 0.25) is 0 Å². The summed E-state index contributed by atoms with van der Waals surface area (Å²) < 4.78 is 11.1. The van der Waals surface area contributed by atoms with E-state index in [1.54, 1.807) is 24.4 Å². The van der Waals surface area contributed by atoms with Gasteiger partial charge < -0.3 is 19.7 Å². The summed E-state index contributed by atoms with van der Waals surface area (Å²) in [6.07, 6.45) is 2.82. The van der Waals surface area contributed by atoms with Crippen LogP contribution in [0.3, 0.4) is 0 Å². The monoisotopic (exact) mass is 429 g/mol. The third kappa shape index (κ3) is 3.93. The highest BCUT2D eigenvalue weighted by molar-refractivity contribution is 7.20. The van der Waals surface area contributed by atoms with Crippen LogP contribution in [0.4, 0.5) is 0 Å². The molecule has 0 spiro atoms. The van der Waals surface area contributed by atoms with Gasteiger partial charge in [0.25, 0.3) is 11.8 Å². The van der Waals surface area contributed by atoms with Gasteiger partial charge in [0.15, 0.2) is 0 Å². The van der Waals surface area contributed by atoms with Crippen LogP contribution in [0.25, 0.3) is 10.2 Å². The van der Waals surface area contributed by atoms with Crippen molar-refractivity contribution < 1.29 is 19.1 Å². The Bertz CT molecular complexity index is 1060. The molecule has 4 heterocycles. The summed E-state index contributed by atoms with van der Waals surface area (Å²) in [7, 11) is 1.59. The number of rotatable bonds is 6. The average Bonchev–Trinajstić information content (AvgIpc) is 3.37. The largest absolute Gasteiger partial charge is 0.383 e. The minimum Gasteiger partial charge on any atom is -0.383 e. The Labute approximate surface area is 177 Å². The van der Waals surface area contributed by atoms with Gasteiger partial charge in [-0.25, -0.2) is 4.98 Å². The highest BCUT2D eigenvalue weighted by Crippen LogP contribution is 2.37. The van der Waals surface area contributed by atoms with E-state index in [0.717, 1.165) is 21.5 Å². The lowest BCUT2D eigenvalue weighted by Crippen LogP contribution is -2.42. The molecule has 1 aliphatic heterocycles. The van der Waals surface area contributed by atoms with Crippen molar-refractivity contribution in [3.8, 4) is 0 Å². The molecule has 0 saturated carbocycles. The van der Waals surface area contributed by atoms with Gasteiger partial charge in [-0.1, -0.05) is 6.07 Å². The highest BCUT2D eigenvalue weighted by atomic mass is 32.1. The number of methoxy groups -OCH3 is 1. The summed E-state index contributed by atoms with van der Waals surface area (Å²) in [6.45, 7) is 3.87. The van der Waals surface area contributed by atoms with E-state index < -0.39 is 6.10 Å². The van der Waals surface area contributed by atoms with Gasteiger partial charge in [0.05, 0.1) is 31.5 Å². The zero-order valence-corrected chi connectivity index (χ0v) is 17.6. The third-order valence-corrected chi connectivity index (χ3v) is 6.17. The number of aromatic nitrogens is 3. The molecule has 0 bridgehead atoms. The van der Waals surface area contributed by atoms with E-state index in [9.17, 15) is 9.59 Å². The number of hydrogen-bond donors (Lipinski definition) is 2. The second kappa shape index (κ2) is 8.90. The van der Waals surface area contributed by atoms with Crippen molar-refractivity contribution in [2.24, 2.45) is 0 Å². The fourth-order valence-electron chi connectivity index (χ4n) is 3.53. The lowest BCUT2D eigenvalue weighted by atomic mass is 10.0. The van der Waals surface area contributed by atoms with Crippen LogP contribution in [0.5, 0.6) is 0 Å². The van der Waals surface area contributed by atoms with Crippen LogP contribution >= 0.6 is 11.3 Å². The first-order chi connectivity index (χ1) is 14.6. The number of ether oxygens (including phenoxy) is 2. The van der Waals surface area contributed by atoms with Crippen LogP contribution in [0.1, 0.15) is 37.4 Å². The minimum absolute atomic E-state index is 0.0988. The molecule has 2 amide bonds. The molecule has 1 unspecified atom stereocenters. The number of fused-ring (bicyclic) bond motifs is 1. The number of morpholine rings is 1. The molecule has 10 heteroatoms. The molecule has 30 heavy (non-hydrogen) atoms. The summed E-state index contributed by atoms with van der Waals surface area (Å²) in [5.41, 5.74) is 2.05. The Hall–Kier alpha value is -2.82. The number of hydrogen-bond acceptors (Lipinski definition) is 7. The number of H-pyrrole nitrogens is 1. The van der Waals surface area contributed by atoms with Crippen molar-refractivity contribution in [3.63, 3.8) is 0 Å². The number of carbonyl (C=O) groups excluding carboxylic acids is 2. The standard InChI is InChI=1S/C20H23N5O4S/c1-12-14(10-23-24-12)20(27)25-7-9-29-15(11-25)16-13-4-3-5-22-19(13)30-17(16)18(26)21-6-8-28-2/h3-5,10,15H,6-9,11H2,1-2H3,(H,21,26)(H,23,24). The van der Waals surface area contributed by atoms with E-state index in [0.29, 0.717) is 43.3 Å². The van der Waals surface area contributed by atoms with Crippen molar-refractivity contribution in [1.82, 2.24) is 25.4 Å². The van der Waals surface area contributed by atoms with Gasteiger partial charge in [0.1, 0.15) is 15.8 Å². The van der Waals surface area contributed by atoms with Crippen molar-refractivity contribution >= 4 is 33.4 Å². The summed E-state index contributed by atoms with van der Waals surface area (Å²) in [5.74, 6) is -0.291. The molecule has 9 nitrogen and oxygen atoms in total. The molecule has 1 saturated heterocycles. The lowest BCUT2D eigenvalue weighted by molar-refractivity contribution is -0.0222. The van der Waals surface area contributed by atoms with Gasteiger partial charge in [-0.05, 0) is 13.0 Å². The number of carbonyl (C=O) groups is 2. The van der Waals surface area contributed by atoms with Crippen LogP contribution in [0.2, 0.25) is 0 Å². The molecule has 2 N–H and O–H groups in total. The van der Waals surface area contributed by atoms with Crippen LogP contribution in [0, 0.1) is 6.92 Å². The number of amides is 2. The van der Waals surface area contributed by atoms with Crippen LogP contribution in [-0.2, 0) is 9.47 Å². The summed E-state index contributed by atoms with van der Waals surface area (Å²) in [6, 6.07) is 3.77. The molecule has 4 rings (SSSR count). The molecule has 3 aromatic rings. The first kappa shape index (κ1) is 20.5. The van der Waals surface area contributed by atoms with Crippen LogP contribution in [0.15, 0.2) is 24.5 Å². The van der Waals surface area contributed by atoms with E-state index in [4.69, 9.17) is 9.47 Å². The second-order valence-corrected chi connectivity index (χ2v) is 7.97. The molecule has 1 aliphatic rings. The fraction of sp³-hybridized carbons (Fsp3) is 0.400. The van der Waals surface area contributed by atoms with Gasteiger partial charge in [-0.3, -0.25) is 14.7 Å². The van der Waals surface area contributed by atoms with Crippen molar-refractivity contribution in [2.45, 2.75) is 13.0 Å². The second-order valence-electron chi connectivity index (χ2n) is 6.97. The number of aryl methyl sites for hydroxylation is 1. The van der Waals surface area contributed by atoms with E-state index in [1.165, 1.54) is 11.3 Å². The van der Waals surface area contributed by atoms with E-state index in [-0.39, 0.29) is 11.8 Å². The van der Waals surface area contributed by atoms with Gasteiger partial charge in [-0.2, -0.15) is 5.10 Å². The van der Waals surface area contributed by atoms with Gasteiger partial charge in [-0.15, -0.1) is 11.3 Å². The minimum atomic E-state index is -0.420. The van der Waals surface area contributed by atoms with Crippen molar-refractivity contribution in [2.75, 3.05) is 40.0 Å². The lowest BCUT2D eigenvalue weighted by Gasteiger charge is -2.33. The highest BCUT2D eigenvalue weighted by Gasteiger charge is 2.32. The van der Waals surface area contributed by atoms with Gasteiger partial charge in [0, 0.05) is 43.0 Å². The van der Waals surface area contributed by atoms with E-state index in [1.807, 2.05) is 19.1 Å². The summed E-state index contributed by atoms with van der Waals surface area (Å²) in [5, 5.41) is 10.5. The Morgan fingerprint density at radius 1 is 1.47 bits per heavy atom. The maximum absolute atomic E-state index is 13.0. The zero-order valence-electron chi connectivity index (χ0n) is 16.8. The summed E-state index contributed by atoms with van der Waals surface area (Å²) in [4.78, 5) is 33.3. The predicted octanol–water partition coefficient (Wildman–Crippen LogP) is 1.92. The zero-order chi connectivity index (χ0) is 21.1. The van der Waals surface area contributed by atoms with Crippen LogP contribution in [-0.4, -0.2) is 71.9 Å². The molecule has 3 aromatic heterocycles. The van der Waals surface area contributed by atoms with E-state index >= 15 is 0 Å². The van der Waals surface area contributed by atoms with Crippen molar-refractivity contribution in [1.29, 1.82) is 0 Å². The number of aromatic amines is 1. The number of pyridine rings is 1. The fourth-order valence-corrected chi connectivity index (χ4v) is 4.64. The smallest absolute Gasteiger partial charge is 0.261 e. The molecule has 0 aromatic carbocycles. The molecule has 1 atom stereocenters. The molecular formula is C20H23N5O4S. The van der Waals surface area contributed by atoms with E-state index in [2.05, 4.69) is 20.5 Å². The maximum Gasteiger partial charge on any atom is 0.261 e. The molecule has 1 fully saturated rings. The normalized spacial score (nSPS) is 16.7. The number of thiophene rings is 1. The Morgan fingerprint density at radius 3 is 3.10 bits per heavy atom. The number of nitrogens with one attached hydrogen (secondary N) is 2. The Balaban J connectivity index is 1.64. The van der Waals surface area contributed by atoms with Crippen LogP contribution < -0.4 is 5.32 Å². The third-order valence-electron chi connectivity index (χ3n) is 5.04. The average molecular weight is 430 g/mol. The summed E-state index contributed by atoms with van der Waals surface area (Å²) >= 11 is 1.33. The molecular weight excluding hydrogens is 406 g/mol. The predicted molar refractivity (Wildman–Crippen MR) is 112 cm³/mol. The molecule has 0 radical (unpaired) electrons. The topological polar surface area (TPSA) is 109 Å². The van der Waals surface area contributed by atoms with Gasteiger partial charge >= 0.3 is 0 Å². The maximum atomic E-state index is 13.0. The first-order valence-corrected chi connectivity index (χ1v) is 10.5. The molecule has 0 aliphatic carbocycles. The first-order valence-electron chi connectivity index (χ1n) is 9.65.